The molecule has 2 fully saturated rings. The first-order chi connectivity index (χ1) is 7.34. The molecular formula is C11H21NO2S. The molecule has 1 aliphatic heterocycles. The van der Waals surface area contributed by atoms with Gasteiger partial charge in [0.2, 0.25) is 0 Å². The fraction of sp³-hybridized carbons (Fsp3) is 1.00. The largest absolute Gasteiger partial charge is 0.389 e. The van der Waals surface area contributed by atoms with Crippen LogP contribution in [0.3, 0.4) is 0 Å². The van der Waals surface area contributed by atoms with Gasteiger partial charge in [-0.15, -0.1) is 0 Å². The number of aliphatic hydroxyl groups excluding tert-OH is 1. The highest BCUT2D eigenvalue weighted by Gasteiger charge is 2.22. The molecule has 0 aromatic heterocycles. The predicted octanol–water partition coefficient (Wildman–Crippen LogP) is 0.869. The van der Waals surface area contributed by atoms with E-state index in [0.717, 1.165) is 12.5 Å². The third-order valence-electron chi connectivity index (χ3n) is 2.93. The number of hydrogen-bond donors (Lipinski definition) is 2. The van der Waals surface area contributed by atoms with Gasteiger partial charge in [-0.25, -0.2) is 0 Å². The van der Waals surface area contributed by atoms with E-state index in [9.17, 15) is 5.11 Å². The van der Waals surface area contributed by atoms with Crippen molar-refractivity contribution in [2.75, 3.05) is 31.3 Å². The molecule has 15 heavy (non-hydrogen) atoms. The van der Waals surface area contributed by atoms with Gasteiger partial charge in [-0.1, -0.05) is 0 Å². The first-order valence-corrected chi connectivity index (χ1v) is 7.07. The zero-order valence-electron chi connectivity index (χ0n) is 9.15. The van der Waals surface area contributed by atoms with Crippen LogP contribution in [0, 0.1) is 5.92 Å². The Morgan fingerprint density at radius 1 is 1.40 bits per heavy atom. The molecule has 0 aromatic carbocycles. The molecular weight excluding hydrogens is 210 g/mol. The van der Waals surface area contributed by atoms with Crippen molar-refractivity contribution in [1.29, 1.82) is 0 Å². The minimum atomic E-state index is -0.339. The lowest BCUT2D eigenvalue weighted by Gasteiger charge is -2.15. The lowest BCUT2D eigenvalue weighted by Crippen LogP contribution is -2.37. The summed E-state index contributed by atoms with van der Waals surface area (Å²) in [5.74, 6) is 3.23. The Bertz CT molecular complexity index is 181. The summed E-state index contributed by atoms with van der Waals surface area (Å²) in [5.41, 5.74) is 0. The fourth-order valence-electron chi connectivity index (χ4n) is 1.71. The van der Waals surface area contributed by atoms with E-state index >= 15 is 0 Å². The summed E-state index contributed by atoms with van der Waals surface area (Å²) in [4.78, 5) is 0. The first kappa shape index (κ1) is 11.7. The summed E-state index contributed by atoms with van der Waals surface area (Å²) in [6.45, 7) is 2.01. The third kappa shape index (κ3) is 4.72. The number of thioether (sulfide) groups is 1. The van der Waals surface area contributed by atoms with E-state index in [0.29, 0.717) is 19.2 Å². The number of aliphatic hydroxyl groups is 1. The maximum atomic E-state index is 9.65. The van der Waals surface area contributed by atoms with Crippen LogP contribution in [0.25, 0.3) is 0 Å². The normalized spacial score (nSPS) is 28.2. The van der Waals surface area contributed by atoms with E-state index < -0.39 is 0 Å². The number of ether oxygens (including phenoxy) is 1. The van der Waals surface area contributed by atoms with Crippen molar-refractivity contribution in [2.45, 2.75) is 31.4 Å². The molecule has 2 aliphatic rings. The number of nitrogens with one attached hydrogen (secondary N) is 1. The van der Waals surface area contributed by atoms with E-state index in [4.69, 9.17) is 4.74 Å². The minimum Gasteiger partial charge on any atom is -0.389 e. The molecule has 2 rings (SSSR count). The van der Waals surface area contributed by atoms with E-state index in [1.807, 2.05) is 11.8 Å². The van der Waals surface area contributed by atoms with Crippen molar-refractivity contribution in [2.24, 2.45) is 5.92 Å². The average molecular weight is 231 g/mol. The monoisotopic (exact) mass is 231 g/mol. The van der Waals surface area contributed by atoms with Crippen molar-refractivity contribution in [3.63, 3.8) is 0 Å². The van der Waals surface area contributed by atoms with Crippen molar-refractivity contribution in [3.05, 3.63) is 0 Å². The summed E-state index contributed by atoms with van der Waals surface area (Å²) in [5, 5.41) is 13.0. The molecule has 3 nitrogen and oxygen atoms in total. The van der Waals surface area contributed by atoms with E-state index in [1.165, 1.54) is 30.8 Å². The molecule has 1 heterocycles. The SMILES string of the molecule is OC(CNC1CCSC1)COCC1CC1. The summed E-state index contributed by atoms with van der Waals surface area (Å²) in [6, 6.07) is 0.605. The fourth-order valence-corrected chi connectivity index (χ4v) is 2.90. The number of rotatable bonds is 7. The molecule has 88 valence electrons. The van der Waals surface area contributed by atoms with Gasteiger partial charge in [-0.2, -0.15) is 11.8 Å². The summed E-state index contributed by atoms with van der Waals surface area (Å²) in [6.07, 6.45) is 3.52. The smallest absolute Gasteiger partial charge is 0.0897 e. The van der Waals surface area contributed by atoms with Crippen LogP contribution in [-0.4, -0.2) is 48.5 Å². The van der Waals surface area contributed by atoms with Crippen LogP contribution in [0.4, 0.5) is 0 Å². The van der Waals surface area contributed by atoms with Crippen LogP contribution in [-0.2, 0) is 4.74 Å². The molecule has 0 aromatic rings. The van der Waals surface area contributed by atoms with Gasteiger partial charge in [0, 0.05) is 24.9 Å². The minimum absolute atomic E-state index is 0.339. The van der Waals surface area contributed by atoms with Gasteiger partial charge in [-0.3, -0.25) is 0 Å². The predicted molar refractivity (Wildman–Crippen MR) is 63.3 cm³/mol. The zero-order valence-corrected chi connectivity index (χ0v) is 9.97. The molecule has 4 heteroatoms. The highest BCUT2D eigenvalue weighted by Crippen LogP contribution is 2.28. The Morgan fingerprint density at radius 2 is 2.27 bits per heavy atom. The molecule has 0 amide bonds. The molecule has 2 atom stereocenters. The summed E-state index contributed by atoms with van der Waals surface area (Å²) < 4.78 is 5.44. The van der Waals surface area contributed by atoms with Gasteiger partial charge in [0.05, 0.1) is 12.7 Å². The average Bonchev–Trinajstić information content (AvgIpc) is 2.91. The Kier molecular flexibility index (Phi) is 4.75. The van der Waals surface area contributed by atoms with Gasteiger partial charge < -0.3 is 15.2 Å². The van der Waals surface area contributed by atoms with Gasteiger partial charge in [0.25, 0.3) is 0 Å². The summed E-state index contributed by atoms with van der Waals surface area (Å²) >= 11 is 1.99. The van der Waals surface area contributed by atoms with Crippen molar-refractivity contribution >= 4 is 11.8 Å². The summed E-state index contributed by atoms with van der Waals surface area (Å²) in [7, 11) is 0. The second-order valence-corrected chi connectivity index (χ2v) is 5.75. The van der Waals surface area contributed by atoms with Crippen molar-refractivity contribution in [1.82, 2.24) is 5.32 Å². The third-order valence-corrected chi connectivity index (χ3v) is 4.10. The second kappa shape index (κ2) is 6.09. The van der Waals surface area contributed by atoms with Crippen LogP contribution >= 0.6 is 11.8 Å². The van der Waals surface area contributed by atoms with Gasteiger partial charge >= 0.3 is 0 Å². The van der Waals surface area contributed by atoms with Crippen LogP contribution in [0.15, 0.2) is 0 Å². The van der Waals surface area contributed by atoms with Crippen LogP contribution in [0.5, 0.6) is 0 Å². The standard InChI is InChI=1S/C11H21NO2S/c13-11(7-14-6-9-1-2-9)5-12-10-3-4-15-8-10/h9-13H,1-8H2. The zero-order chi connectivity index (χ0) is 10.5. The van der Waals surface area contributed by atoms with Crippen LogP contribution in [0.1, 0.15) is 19.3 Å². The molecule has 0 bridgehead atoms. The molecule has 0 spiro atoms. The van der Waals surface area contributed by atoms with Gasteiger partial charge in [0.15, 0.2) is 0 Å². The molecule has 1 saturated heterocycles. The highest BCUT2D eigenvalue weighted by molar-refractivity contribution is 7.99. The lowest BCUT2D eigenvalue weighted by molar-refractivity contribution is 0.0316. The maximum Gasteiger partial charge on any atom is 0.0897 e. The topological polar surface area (TPSA) is 41.5 Å². The second-order valence-electron chi connectivity index (χ2n) is 4.60. The van der Waals surface area contributed by atoms with Gasteiger partial charge in [-0.05, 0) is 30.9 Å². The van der Waals surface area contributed by atoms with Crippen molar-refractivity contribution < 1.29 is 9.84 Å². The first-order valence-electron chi connectivity index (χ1n) is 5.91. The van der Waals surface area contributed by atoms with Crippen molar-refractivity contribution in [3.8, 4) is 0 Å². The maximum absolute atomic E-state index is 9.65. The lowest BCUT2D eigenvalue weighted by atomic mass is 10.2. The highest BCUT2D eigenvalue weighted by atomic mass is 32.2. The molecule has 0 radical (unpaired) electrons. The molecule has 2 unspecified atom stereocenters. The molecule has 1 aliphatic carbocycles. The van der Waals surface area contributed by atoms with Gasteiger partial charge in [0.1, 0.15) is 0 Å². The molecule has 1 saturated carbocycles. The van der Waals surface area contributed by atoms with Crippen LogP contribution in [0.2, 0.25) is 0 Å². The quantitative estimate of drug-likeness (QED) is 0.682. The van der Waals surface area contributed by atoms with Crippen LogP contribution < -0.4 is 5.32 Å². The Morgan fingerprint density at radius 3 is 2.93 bits per heavy atom. The van der Waals surface area contributed by atoms with E-state index in [1.54, 1.807) is 0 Å². The Balaban J connectivity index is 1.45. The van der Waals surface area contributed by atoms with E-state index in [-0.39, 0.29) is 6.10 Å². The Hall–Kier alpha value is 0.230. The Labute approximate surface area is 96.0 Å². The van der Waals surface area contributed by atoms with E-state index in [2.05, 4.69) is 5.32 Å². The molecule has 2 N–H and O–H groups in total. The number of hydrogen-bond acceptors (Lipinski definition) is 4.